The smallest absolute Gasteiger partial charge is 0.240 e. The normalized spacial score (nSPS) is 11.4. The lowest BCUT2D eigenvalue weighted by Crippen LogP contribution is -2.17. The van der Waals surface area contributed by atoms with E-state index in [0.29, 0.717) is 36.3 Å². The first-order chi connectivity index (χ1) is 21.5. The number of phenolic OH excluding ortho intramolecular Hbond substituents is 1. The quantitative estimate of drug-likeness (QED) is 0.0496. The molecule has 1 aromatic carbocycles. The first-order valence-electron chi connectivity index (χ1n) is 17.6. The highest BCUT2D eigenvalue weighted by molar-refractivity contribution is 5.93. The number of amides is 2. The number of phenols is 1. The maximum Gasteiger partial charge on any atom is 0.240 e. The molecule has 8 heteroatoms. The van der Waals surface area contributed by atoms with Crippen LogP contribution in [-0.2, 0) is 9.59 Å². The fourth-order valence-electron chi connectivity index (χ4n) is 5.10. The van der Waals surface area contributed by atoms with Crippen molar-refractivity contribution < 1.29 is 19.4 Å². The Morgan fingerprint density at radius 2 is 0.955 bits per heavy atom. The molecule has 1 aromatic rings. The van der Waals surface area contributed by atoms with E-state index < -0.39 is 0 Å². The van der Waals surface area contributed by atoms with Crippen LogP contribution in [0.5, 0.6) is 11.5 Å². The molecule has 0 atom stereocenters. The molecule has 0 spiro atoms. The van der Waals surface area contributed by atoms with Gasteiger partial charge in [0.1, 0.15) is 11.5 Å². The summed E-state index contributed by atoms with van der Waals surface area (Å²) in [4.78, 5) is 24.4. The lowest BCUT2D eigenvalue weighted by atomic mass is 10.1. The Kier molecular flexibility index (Phi) is 24.6. The molecule has 0 aliphatic carbocycles. The van der Waals surface area contributed by atoms with Crippen LogP contribution in [-0.4, -0.2) is 36.0 Å². The van der Waals surface area contributed by atoms with E-state index in [1.807, 2.05) is 6.92 Å². The monoisotopic (exact) mass is 614 g/mol. The highest BCUT2D eigenvalue weighted by atomic mass is 16.5. The van der Waals surface area contributed by atoms with Gasteiger partial charge in [0.05, 0.1) is 19.0 Å². The molecule has 0 heterocycles. The standard InChI is InChI=1S/C36H62N4O4/c1-4-7-9-11-13-15-17-19-21-23-25-34(41)39-37-29-31-27-33(44-6-3)28-32(36(31)43)30-38-40-35(42)26-24-22-20-18-16-14-12-10-8-5-2/h27-30,43H,4-26H2,1-3H3,(H,39,41)(H,40,42)/b37-29-,38-30-. The highest BCUT2D eigenvalue weighted by Crippen LogP contribution is 2.26. The minimum absolute atomic E-state index is 0.0613. The van der Waals surface area contributed by atoms with Crippen molar-refractivity contribution >= 4 is 24.2 Å². The summed E-state index contributed by atoms with van der Waals surface area (Å²) in [6, 6.07) is 3.30. The van der Waals surface area contributed by atoms with Crippen LogP contribution in [0.25, 0.3) is 0 Å². The van der Waals surface area contributed by atoms with Gasteiger partial charge in [-0.3, -0.25) is 9.59 Å². The van der Waals surface area contributed by atoms with Crippen molar-refractivity contribution in [1.82, 2.24) is 10.9 Å². The van der Waals surface area contributed by atoms with E-state index in [1.54, 1.807) is 12.1 Å². The number of ether oxygens (including phenoxy) is 1. The molecule has 0 aliphatic rings. The zero-order valence-electron chi connectivity index (χ0n) is 28.1. The summed E-state index contributed by atoms with van der Waals surface area (Å²) in [5.41, 5.74) is 5.87. The van der Waals surface area contributed by atoms with Gasteiger partial charge in [-0.15, -0.1) is 0 Å². The van der Waals surface area contributed by atoms with Gasteiger partial charge >= 0.3 is 0 Å². The van der Waals surface area contributed by atoms with Crippen molar-refractivity contribution in [3.05, 3.63) is 23.3 Å². The van der Waals surface area contributed by atoms with Gasteiger partial charge in [0, 0.05) is 24.0 Å². The number of hydrogen-bond donors (Lipinski definition) is 3. The van der Waals surface area contributed by atoms with Crippen LogP contribution in [0.1, 0.15) is 173 Å². The summed E-state index contributed by atoms with van der Waals surface area (Å²) in [5, 5.41) is 18.8. The zero-order chi connectivity index (χ0) is 32.1. The number of nitrogens with one attached hydrogen (secondary N) is 2. The summed E-state index contributed by atoms with van der Waals surface area (Å²) >= 11 is 0. The summed E-state index contributed by atoms with van der Waals surface area (Å²) in [6.07, 6.45) is 28.0. The molecular formula is C36H62N4O4. The summed E-state index contributed by atoms with van der Waals surface area (Å²) in [7, 11) is 0. The van der Waals surface area contributed by atoms with Gasteiger partial charge in [-0.25, -0.2) is 10.9 Å². The fourth-order valence-corrected chi connectivity index (χ4v) is 5.10. The van der Waals surface area contributed by atoms with Gasteiger partial charge < -0.3 is 9.84 Å². The number of aromatic hydroxyl groups is 1. The minimum Gasteiger partial charge on any atom is -0.507 e. The Balaban J connectivity index is 2.40. The molecule has 0 unspecified atom stereocenters. The number of rotatable bonds is 28. The Bertz CT molecular complexity index is 879. The summed E-state index contributed by atoms with van der Waals surface area (Å²) in [6.45, 7) is 6.79. The van der Waals surface area contributed by atoms with Gasteiger partial charge in [0.2, 0.25) is 11.8 Å². The first-order valence-corrected chi connectivity index (χ1v) is 17.6. The number of hydrogen-bond acceptors (Lipinski definition) is 6. The molecule has 2 amide bonds. The molecule has 1 rings (SSSR count). The largest absolute Gasteiger partial charge is 0.507 e. The Morgan fingerprint density at radius 3 is 1.30 bits per heavy atom. The molecule has 8 nitrogen and oxygen atoms in total. The van der Waals surface area contributed by atoms with Crippen LogP contribution in [0.3, 0.4) is 0 Å². The molecule has 44 heavy (non-hydrogen) atoms. The van der Waals surface area contributed by atoms with Crippen LogP contribution < -0.4 is 15.6 Å². The van der Waals surface area contributed by atoms with Crippen LogP contribution in [0.15, 0.2) is 22.3 Å². The van der Waals surface area contributed by atoms with Crippen LogP contribution in [0.2, 0.25) is 0 Å². The minimum atomic E-state index is -0.145. The molecule has 0 saturated heterocycles. The molecular weight excluding hydrogens is 552 g/mol. The second-order valence-electron chi connectivity index (χ2n) is 11.8. The van der Waals surface area contributed by atoms with Crippen molar-refractivity contribution in [1.29, 1.82) is 0 Å². The Hall–Kier alpha value is -2.90. The van der Waals surface area contributed by atoms with Crippen molar-refractivity contribution in [3.8, 4) is 11.5 Å². The first kappa shape index (κ1) is 39.1. The van der Waals surface area contributed by atoms with Crippen molar-refractivity contribution in [3.63, 3.8) is 0 Å². The second kappa shape index (κ2) is 27.6. The van der Waals surface area contributed by atoms with E-state index >= 15 is 0 Å². The van der Waals surface area contributed by atoms with Gasteiger partial charge in [-0.1, -0.05) is 129 Å². The van der Waals surface area contributed by atoms with Crippen molar-refractivity contribution in [2.75, 3.05) is 6.61 Å². The van der Waals surface area contributed by atoms with Gasteiger partial charge in [-0.05, 0) is 31.9 Å². The van der Waals surface area contributed by atoms with Gasteiger partial charge in [-0.2, -0.15) is 10.2 Å². The van der Waals surface area contributed by atoms with E-state index in [4.69, 9.17) is 4.74 Å². The number of nitrogens with zero attached hydrogens (tertiary/aromatic N) is 2. The van der Waals surface area contributed by atoms with Crippen LogP contribution >= 0.6 is 0 Å². The second-order valence-corrected chi connectivity index (χ2v) is 11.8. The molecule has 0 radical (unpaired) electrons. The van der Waals surface area contributed by atoms with E-state index in [2.05, 4.69) is 34.9 Å². The van der Waals surface area contributed by atoms with E-state index in [9.17, 15) is 14.7 Å². The number of carbonyl (C=O) groups is 2. The SMILES string of the molecule is CCCCCCCCCCCCC(=O)N/N=C\c1cc(OCC)cc(/C=N\NC(=O)CCCCCCCCCCCC)c1O. The molecule has 250 valence electrons. The third kappa shape index (κ3) is 20.9. The maximum atomic E-state index is 12.2. The predicted molar refractivity (Wildman–Crippen MR) is 184 cm³/mol. The van der Waals surface area contributed by atoms with Gasteiger partial charge in [0.25, 0.3) is 0 Å². The third-order valence-electron chi connectivity index (χ3n) is 7.75. The van der Waals surface area contributed by atoms with Crippen molar-refractivity contribution in [2.45, 2.75) is 162 Å². The third-order valence-corrected chi connectivity index (χ3v) is 7.75. The molecule has 0 aliphatic heterocycles. The number of benzene rings is 1. The number of carbonyl (C=O) groups excluding carboxylic acids is 2. The molecule has 0 fully saturated rings. The van der Waals surface area contributed by atoms with E-state index in [0.717, 1.165) is 38.5 Å². The highest BCUT2D eigenvalue weighted by Gasteiger charge is 2.09. The topological polar surface area (TPSA) is 112 Å². The molecule has 3 N–H and O–H groups in total. The van der Waals surface area contributed by atoms with Gasteiger partial charge in [0.15, 0.2) is 0 Å². The van der Waals surface area contributed by atoms with E-state index in [1.165, 1.54) is 102 Å². The fraction of sp³-hybridized carbons (Fsp3) is 0.722. The zero-order valence-corrected chi connectivity index (χ0v) is 28.1. The Morgan fingerprint density at radius 1 is 0.614 bits per heavy atom. The Labute approximate surface area is 267 Å². The summed E-state index contributed by atoms with van der Waals surface area (Å²) in [5.74, 6) is 0.178. The van der Waals surface area contributed by atoms with Crippen LogP contribution in [0.4, 0.5) is 0 Å². The number of unbranched alkanes of at least 4 members (excludes halogenated alkanes) is 18. The lowest BCUT2D eigenvalue weighted by Gasteiger charge is -2.09. The van der Waals surface area contributed by atoms with E-state index in [-0.39, 0.29) is 17.6 Å². The maximum absolute atomic E-state index is 12.2. The summed E-state index contributed by atoms with van der Waals surface area (Å²) < 4.78 is 5.62. The molecule has 0 bridgehead atoms. The average Bonchev–Trinajstić information content (AvgIpc) is 3.01. The van der Waals surface area contributed by atoms with Crippen LogP contribution in [0, 0.1) is 0 Å². The predicted octanol–water partition coefficient (Wildman–Crippen LogP) is 9.31. The van der Waals surface area contributed by atoms with Crippen molar-refractivity contribution in [2.24, 2.45) is 10.2 Å². The lowest BCUT2D eigenvalue weighted by molar-refractivity contribution is -0.122. The number of hydrazone groups is 2. The average molecular weight is 615 g/mol. The molecule has 0 aromatic heterocycles. The molecule has 0 saturated carbocycles.